The van der Waals surface area contributed by atoms with E-state index in [0.29, 0.717) is 0 Å². The number of halogens is 7. The lowest BCUT2D eigenvalue weighted by atomic mass is 10.1. The van der Waals surface area contributed by atoms with Gasteiger partial charge in [-0.05, 0) is 18.2 Å². The molecule has 3 aromatic rings. The Labute approximate surface area is 158 Å². The highest BCUT2D eigenvalue weighted by atomic mass is 35.5. The maximum Gasteiger partial charge on any atom is 0.449 e. The third kappa shape index (κ3) is 4.09. The summed E-state index contributed by atoms with van der Waals surface area (Å²) >= 11 is 5.91. The van der Waals surface area contributed by atoms with Crippen molar-refractivity contribution in [3.8, 4) is 11.3 Å². The first kappa shape index (κ1) is 20.1. The summed E-state index contributed by atoms with van der Waals surface area (Å²) in [6, 6.07) is 7.22. The molecule has 10 heteroatoms. The number of alkyl halides is 6. The van der Waals surface area contributed by atoms with Crippen molar-refractivity contribution in [2.45, 2.75) is 18.9 Å². The van der Waals surface area contributed by atoms with Crippen molar-refractivity contribution < 1.29 is 30.8 Å². The van der Waals surface area contributed by atoms with Crippen molar-refractivity contribution in [3.05, 3.63) is 81.0 Å². The fraction of sp³-hybridized carbons (Fsp3) is 0.167. The van der Waals surface area contributed by atoms with Crippen LogP contribution in [0.2, 0.25) is 5.02 Å². The first-order valence-electron chi connectivity index (χ1n) is 7.69. The smallest absolute Gasteiger partial charge is 0.449 e. The Morgan fingerprint density at radius 1 is 0.964 bits per heavy atom. The van der Waals surface area contributed by atoms with Gasteiger partial charge in [-0.1, -0.05) is 23.7 Å². The highest BCUT2D eigenvalue weighted by Crippen LogP contribution is 2.39. The number of aromatic nitrogens is 1. The molecule has 2 heterocycles. The first-order valence-corrected chi connectivity index (χ1v) is 8.07. The Bertz CT molecular complexity index is 1060. The third-order valence-electron chi connectivity index (χ3n) is 3.85. The van der Waals surface area contributed by atoms with Gasteiger partial charge in [-0.3, -0.25) is 4.79 Å². The molecule has 0 aliphatic carbocycles. The second kappa shape index (κ2) is 7.05. The van der Waals surface area contributed by atoms with Gasteiger partial charge in [0.15, 0.2) is 5.43 Å². The number of benzene rings is 1. The predicted octanol–water partition coefficient (Wildman–Crippen LogP) is 5.85. The van der Waals surface area contributed by atoms with Gasteiger partial charge in [0.25, 0.3) is 0 Å². The van der Waals surface area contributed by atoms with E-state index in [1.165, 1.54) is 16.8 Å². The van der Waals surface area contributed by atoms with E-state index in [2.05, 4.69) is 0 Å². The third-order valence-corrected chi connectivity index (χ3v) is 4.26. The number of pyridine rings is 1. The van der Waals surface area contributed by atoms with Gasteiger partial charge in [0.05, 0.1) is 22.8 Å². The maximum atomic E-state index is 13.1. The van der Waals surface area contributed by atoms with Gasteiger partial charge in [0.2, 0.25) is 5.76 Å². The van der Waals surface area contributed by atoms with Crippen molar-refractivity contribution in [2.24, 2.45) is 0 Å². The van der Waals surface area contributed by atoms with Crippen LogP contribution in [0.1, 0.15) is 17.1 Å². The zero-order valence-corrected chi connectivity index (χ0v) is 14.5. The zero-order chi connectivity index (χ0) is 20.7. The molecule has 1 aromatic carbocycles. The van der Waals surface area contributed by atoms with Crippen LogP contribution in [0.15, 0.2) is 57.9 Å². The summed E-state index contributed by atoms with van der Waals surface area (Å²) in [7, 11) is 0. The summed E-state index contributed by atoms with van der Waals surface area (Å²) in [5.74, 6) is -1.30. The van der Waals surface area contributed by atoms with Gasteiger partial charge < -0.3 is 8.98 Å². The number of furan rings is 1. The average molecular weight is 422 g/mol. The molecule has 3 rings (SSSR count). The largest absolute Gasteiger partial charge is 0.455 e. The van der Waals surface area contributed by atoms with E-state index in [4.69, 9.17) is 16.0 Å². The normalized spacial score (nSPS) is 12.4. The molecular formula is C18H10ClF6NO2. The van der Waals surface area contributed by atoms with Crippen LogP contribution in [0.25, 0.3) is 11.3 Å². The van der Waals surface area contributed by atoms with Crippen molar-refractivity contribution >= 4 is 11.6 Å². The summed E-state index contributed by atoms with van der Waals surface area (Å²) in [6.07, 6.45) is -8.14. The maximum absolute atomic E-state index is 13.1. The minimum Gasteiger partial charge on any atom is -0.455 e. The van der Waals surface area contributed by atoms with E-state index >= 15 is 0 Å². The number of rotatable bonds is 3. The van der Waals surface area contributed by atoms with Crippen LogP contribution in [0, 0.1) is 0 Å². The molecule has 0 bridgehead atoms. The zero-order valence-electron chi connectivity index (χ0n) is 13.7. The van der Waals surface area contributed by atoms with Crippen LogP contribution < -0.4 is 5.43 Å². The summed E-state index contributed by atoms with van der Waals surface area (Å²) < 4.78 is 83.4. The SMILES string of the molecule is O=c1ccn(Cc2ccc(C(F)(F)F)o2)c(-c2cccc(C(F)(F)F)c2Cl)c1. The Morgan fingerprint density at radius 2 is 1.68 bits per heavy atom. The van der Waals surface area contributed by atoms with E-state index in [1.807, 2.05) is 0 Å². The van der Waals surface area contributed by atoms with Crippen LogP contribution >= 0.6 is 11.6 Å². The molecule has 0 aliphatic heterocycles. The standard InChI is InChI=1S/C18H10ClF6NO2/c19-16-12(2-1-3-13(16)17(20,21)22)14-8-10(27)6-7-26(14)9-11-4-5-15(28-11)18(23,24)25/h1-8H,9H2. The van der Waals surface area contributed by atoms with Crippen molar-refractivity contribution in [1.29, 1.82) is 0 Å². The fourth-order valence-electron chi connectivity index (χ4n) is 2.61. The highest BCUT2D eigenvalue weighted by molar-refractivity contribution is 6.34. The Balaban J connectivity index is 2.08. The topological polar surface area (TPSA) is 35.1 Å². The number of hydrogen-bond acceptors (Lipinski definition) is 2. The molecule has 0 amide bonds. The molecule has 0 fully saturated rings. The molecule has 3 nitrogen and oxygen atoms in total. The molecule has 0 spiro atoms. The minimum absolute atomic E-state index is 0.00792. The quantitative estimate of drug-likeness (QED) is 0.497. The minimum atomic E-state index is -4.71. The first-order chi connectivity index (χ1) is 13.0. The van der Waals surface area contributed by atoms with E-state index in [9.17, 15) is 31.1 Å². The number of hydrogen-bond donors (Lipinski definition) is 0. The van der Waals surface area contributed by atoms with Crippen molar-refractivity contribution in [2.75, 3.05) is 0 Å². The summed E-state index contributed by atoms with van der Waals surface area (Å²) in [5, 5.41) is -0.621. The van der Waals surface area contributed by atoms with Gasteiger partial charge in [-0.25, -0.2) is 0 Å². The molecule has 0 aliphatic rings. The predicted molar refractivity (Wildman–Crippen MR) is 89.0 cm³/mol. The van der Waals surface area contributed by atoms with Gasteiger partial charge in [-0.2, -0.15) is 26.3 Å². The fourth-order valence-corrected chi connectivity index (χ4v) is 2.94. The molecule has 0 unspecified atom stereocenters. The van der Waals surface area contributed by atoms with Crippen molar-refractivity contribution in [3.63, 3.8) is 0 Å². The molecular weight excluding hydrogens is 412 g/mol. The molecule has 0 N–H and O–H groups in total. The molecule has 0 saturated heterocycles. The van der Waals surface area contributed by atoms with Crippen LogP contribution in [0.5, 0.6) is 0 Å². The van der Waals surface area contributed by atoms with Gasteiger partial charge in [0, 0.05) is 23.9 Å². The monoisotopic (exact) mass is 421 g/mol. The lowest BCUT2D eigenvalue weighted by Crippen LogP contribution is -2.11. The molecule has 0 saturated carbocycles. The second-order valence-corrected chi connectivity index (χ2v) is 6.18. The van der Waals surface area contributed by atoms with Gasteiger partial charge in [-0.15, -0.1) is 0 Å². The van der Waals surface area contributed by atoms with E-state index in [0.717, 1.165) is 36.4 Å². The molecule has 0 atom stereocenters. The highest BCUT2D eigenvalue weighted by Gasteiger charge is 2.35. The lowest BCUT2D eigenvalue weighted by molar-refractivity contribution is -0.153. The van der Waals surface area contributed by atoms with Crippen molar-refractivity contribution in [1.82, 2.24) is 4.57 Å². The molecule has 2 aromatic heterocycles. The molecule has 0 radical (unpaired) electrons. The average Bonchev–Trinajstić information content (AvgIpc) is 3.05. The van der Waals surface area contributed by atoms with Crippen LogP contribution in [-0.2, 0) is 18.9 Å². The number of nitrogens with zero attached hydrogens (tertiary/aromatic N) is 1. The van der Waals surface area contributed by atoms with Crippen LogP contribution in [-0.4, -0.2) is 4.57 Å². The Morgan fingerprint density at radius 3 is 2.29 bits per heavy atom. The van der Waals surface area contributed by atoms with Crippen LogP contribution in [0.4, 0.5) is 26.3 Å². The van der Waals surface area contributed by atoms with E-state index in [-0.39, 0.29) is 23.6 Å². The summed E-state index contributed by atoms with van der Waals surface area (Å²) in [6.45, 7) is -0.252. The lowest BCUT2D eigenvalue weighted by Gasteiger charge is -2.16. The van der Waals surface area contributed by atoms with Crippen LogP contribution in [0.3, 0.4) is 0 Å². The summed E-state index contributed by atoms with van der Waals surface area (Å²) in [4.78, 5) is 11.7. The molecule has 148 valence electrons. The summed E-state index contributed by atoms with van der Waals surface area (Å²) in [5.41, 5.74) is -1.67. The van der Waals surface area contributed by atoms with E-state index < -0.39 is 34.1 Å². The second-order valence-electron chi connectivity index (χ2n) is 5.80. The molecule has 28 heavy (non-hydrogen) atoms. The van der Waals surface area contributed by atoms with Gasteiger partial charge >= 0.3 is 12.4 Å². The Kier molecular flexibility index (Phi) is 5.05. The van der Waals surface area contributed by atoms with Gasteiger partial charge in [0.1, 0.15) is 5.76 Å². The Hall–Kier alpha value is -2.68. The van der Waals surface area contributed by atoms with E-state index in [1.54, 1.807) is 0 Å².